The molecule has 4 rings (SSSR count). The van der Waals surface area contributed by atoms with Crippen molar-refractivity contribution in [3.63, 3.8) is 0 Å². The van der Waals surface area contributed by atoms with E-state index in [9.17, 15) is 22.4 Å². The minimum absolute atomic E-state index is 0.00929. The molecule has 2 aromatic carbocycles. The van der Waals surface area contributed by atoms with Crippen LogP contribution < -0.4 is 5.32 Å². The third kappa shape index (κ3) is 6.34. The Hall–Kier alpha value is -2.49. The van der Waals surface area contributed by atoms with Crippen LogP contribution in [0.25, 0.3) is 11.1 Å². The number of anilines is 1. The molecule has 1 saturated heterocycles. The molecule has 0 unspecified atom stereocenters. The highest BCUT2D eigenvalue weighted by Gasteiger charge is 2.30. The molecular weight excluding hydrogens is 490 g/mol. The normalized spacial score (nSPS) is 15.4. The first-order valence-corrected chi connectivity index (χ1v) is 12.0. The number of nitrogens with one attached hydrogen (secondary N) is 1. The van der Waals surface area contributed by atoms with Gasteiger partial charge in [-0.25, -0.2) is 9.37 Å². The molecule has 1 aliphatic heterocycles. The highest BCUT2D eigenvalue weighted by Crippen LogP contribution is 2.33. The maximum Gasteiger partial charge on any atom is 0.390 e. The zero-order chi connectivity index (χ0) is 24.3. The summed E-state index contributed by atoms with van der Waals surface area (Å²) in [4.78, 5) is 19.2. The zero-order valence-electron chi connectivity index (χ0n) is 18.0. The first kappa shape index (κ1) is 24.6. The van der Waals surface area contributed by atoms with Crippen LogP contribution in [-0.2, 0) is 0 Å². The molecule has 10 heteroatoms. The molecule has 0 radical (unpaired) electrons. The molecule has 1 amide bonds. The van der Waals surface area contributed by atoms with Crippen LogP contribution in [0.2, 0.25) is 5.02 Å². The molecule has 4 nitrogen and oxygen atoms in total. The monoisotopic (exact) mass is 511 g/mol. The van der Waals surface area contributed by atoms with E-state index in [0.29, 0.717) is 47.8 Å². The topological polar surface area (TPSA) is 45.2 Å². The summed E-state index contributed by atoms with van der Waals surface area (Å²) >= 11 is 7.32. The number of carbonyl (C=O) groups is 1. The summed E-state index contributed by atoms with van der Waals surface area (Å²) in [6, 6.07) is 11.0. The summed E-state index contributed by atoms with van der Waals surface area (Å²) in [5, 5.41) is 5.84. The number of nitrogens with zero attached hydrogens (tertiary/aromatic N) is 2. The van der Waals surface area contributed by atoms with Crippen LogP contribution in [0.5, 0.6) is 0 Å². The summed E-state index contributed by atoms with van der Waals surface area (Å²) in [7, 11) is 0. The molecular formula is C24H22ClF4N3OS. The lowest BCUT2D eigenvalue weighted by Gasteiger charge is -2.31. The zero-order valence-corrected chi connectivity index (χ0v) is 19.6. The van der Waals surface area contributed by atoms with Gasteiger partial charge in [0.2, 0.25) is 0 Å². The Labute approximate surface area is 203 Å². The van der Waals surface area contributed by atoms with Crippen molar-refractivity contribution in [2.24, 2.45) is 0 Å². The SMILES string of the molecule is O=C(Nc1ccc(F)cc1-c1ccc(Cl)cc1)c1csc(C2CCN(CCC(F)(F)F)CC2)n1. The van der Waals surface area contributed by atoms with Crippen molar-refractivity contribution in [3.05, 3.63) is 69.4 Å². The molecule has 2 heterocycles. The van der Waals surface area contributed by atoms with Crippen molar-refractivity contribution in [2.75, 3.05) is 25.0 Å². The molecule has 0 saturated carbocycles. The van der Waals surface area contributed by atoms with Crippen LogP contribution in [0, 0.1) is 5.82 Å². The highest BCUT2D eigenvalue weighted by molar-refractivity contribution is 7.10. The first-order valence-electron chi connectivity index (χ1n) is 10.8. The maximum absolute atomic E-state index is 13.9. The predicted octanol–water partition coefficient (Wildman–Crippen LogP) is 6.99. The van der Waals surface area contributed by atoms with Gasteiger partial charge in [-0.1, -0.05) is 23.7 Å². The van der Waals surface area contributed by atoms with Gasteiger partial charge in [-0.15, -0.1) is 11.3 Å². The van der Waals surface area contributed by atoms with E-state index in [1.165, 1.54) is 29.5 Å². The number of thiazole rings is 1. The summed E-state index contributed by atoms with van der Waals surface area (Å²) in [6.45, 7) is 1.15. The number of likely N-dealkylation sites (tertiary alicyclic amines) is 1. The van der Waals surface area contributed by atoms with E-state index in [1.54, 1.807) is 29.6 Å². The Bertz CT molecular complexity index is 1140. The number of hydrogen-bond donors (Lipinski definition) is 1. The molecule has 3 aromatic rings. The van der Waals surface area contributed by atoms with E-state index in [1.807, 2.05) is 4.90 Å². The van der Waals surface area contributed by atoms with Crippen molar-refractivity contribution in [1.29, 1.82) is 0 Å². The number of aromatic nitrogens is 1. The van der Waals surface area contributed by atoms with Crippen LogP contribution >= 0.6 is 22.9 Å². The van der Waals surface area contributed by atoms with Crippen LogP contribution in [0.4, 0.5) is 23.2 Å². The number of alkyl halides is 3. The summed E-state index contributed by atoms with van der Waals surface area (Å²) in [6.07, 6.45) is -3.55. The molecule has 34 heavy (non-hydrogen) atoms. The van der Waals surface area contributed by atoms with Gasteiger partial charge in [0.15, 0.2) is 0 Å². The van der Waals surface area contributed by atoms with Gasteiger partial charge in [0, 0.05) is 34.1 Å². The molecule has 180 valence electrons. The minimum atomic E-state index is -4.15. The highest BCUT2D eigenvalue weighted by atomic mass is 35.5. The van der Waals surface area contributed by atoms with E-state index < -0.39 is 24.3 Å². The number of halogens is 5. The van der Waals surface area contributed by atoms with Crippen molar-refractivity contribution in [1.82, 2.24) is 9.88 Å². The minimum Gasteiger partial charge on any atom is -0.320 e. The van der Waals surface area contributed by atoms with Crippen LogP contribution in [0.15, 0.2) is 47.8 Å². The van der Waals surface area contributed by atoms with Crippen LogP contribution in [0.3, 0.4) is 0 Å². The van der Waals surface area contributed by atoms with Gasteiger partial charge in [0.05, 0.1) is 11.4 Å². The summed E-state index contributed by atoms with van der Waals surface area (Å²) in [5.41, 5.74) is 1.93. The van der Waals surface area contributed by atoms with Crippen molar-refractivity contribution in [3.8, 4) is 11.1 Å². The third-order valence-electron chi connectivity index (χ3n) is 5.79. The summed E-state index contributed by atoms with van der Waals surface area (Å²) in [5.74, 6) is -0.725. The number of carbonyl (C=O) groups excluding carboxylic acids is 1. The molecule has 0 bridgehead atoms. The van der Waals surface area contributed by atoms with E-state index in [0.717, 1.165) is 5.01 Å². The van der Waals surface area contributed by atoms with Crippen molar-refractivity contribution < 1.29 is 22.4 Å². The Morgan fingerprint density at radius 3 is 2.53 bits per heavy atom. The third-order valence-corrected chi connectivity index (χ3v) is 7.05. The molecule has 1 N–H and O–H groups in total. The number of piperidine rings is 1. The average molecular weight is 512 g/mol. The second-order valence-electron chi connectivity index (χ2n) is 8.20. The van der Waals surface area contributed by atoms with E-state index >= 15 is 0 Å². The van der Waals surface area contributed by atoms with Gasteiger partial charge in [-0.05, 0) is 61.8 Å². The maximum atomic E-state index is 13.9. The van der Waals surface area contributed by atoms with Gasteiger partial charge >= 0.3 is 6.18 Å². The fourth-order valence-electron chi connectivity index (χ4n) is 3.95. The molecule has 1 aliphatic rings. The van der Waals surface area contributed by atoms with Crippen molar-refractivity contribution >= 4 is 34.5 Å². The Kier molecular flexibility index (Phi) is 7.54. The predicted molar refractivity (Wildman–Crippen MR) is 126 cm³/mol. The van der Waals surface area contributed by atoms with E-state index in [4.69, 9.17) is 11.6 Å². The molecule has 0 aliphatic carbocycles. The van der Waals surface area contributed by atoms with Crippen molar-refractivity contribution in [2.45, 2.75) is 31.4 Å². The van der Waals surface area contributed by atoms with Crippen LogP contribution in [0.1, 0.15) is 40.7 Å². The van der Waals surface area contributed by atoms with Gasteiger partial charge in [-0.3, -0.25) is 4.79 Å². The van der Waals surface area contributed by atoms with Gasteiger partial charge < -0.3 is 10.2 Å². The average Bonchev–Trinajstić information content (AvgIpc) is 3.30. The second kappa shape index (κ2) is 10.4. The Balaban J connectivity index is 1.41. The lowest BCUT2D eigenvalue weighted by molar-refractivity contribution is -0.138. The fraction of sp³-hybridized carbons (Fsp3) is 0.333. The number of amides is 1. The summed E-state index contributed by atoms with van der Waals surface area (Å²) < 4.78 is 51.2. The quantitative estimate of drug-likeness (QED) is 0.363. The first-order chi connectivity index (χ1) is 16.2. The Morgan fingerprint density at radius 2 is 1.85 bits per heavy atom. The van der Waals surface area contributed by atoms with Crippen LogP contribution in [-0.4, -0.2) is 41.6 Å². The standard InChI is InChI=1S/C24H22ClF4N3OS/c25-17-3-1-15(2-4-17)19-13-18(26)5-6-20(19)30-22(33)21-14-34-23(31-21)16-7-10-32(11-8-16)12-9-24(27,28)29/h1-6,13-14,16H,7-12H2,(H,30,33). The Morgan fingerprint density at radius 1 is 1.15 bits per heavy atom. The lowest BCUT2D eigenvalue weighted by atomic mass is 9.97. The lowest BCUT2D eigenvalue weighted by Crippen LogP contribution is -2.35. The molecule has 1 fully saturated rings. The van der Waals surface area contributed by atoms with Gasteiger partial charge in [0.25, 0.3) is 5.91 Å². The molecule has 0 atom stereocenters. The largest absolute Gasteiger partial charge is 0.390 e. The van der Waals surface area contributed by atoms with Gasteiger partial charge in [-0.2, -0.15) is 13.2 Å². The molecule has 1 aromatic heterocycles. The van der Waals surface area contributed by atoms with E-state index in [-0.39, 0.29) is 18.2 Å². The number of rotatable bonds is 6. The second-order valence-corrected chi connectivity index (χ2v) is 9.53. The van der Waals surface area contributed by atoms with E-state index in [2.05, 4.69) is 10.3 Å². The fourth-order valence-corrected chi connectivity index (χ4v) is 5.05. The van der Waals surface area contributed by atoms with Gasteiger partial charge in [0.1, 0.15) is 11.5 Å². The molecule has 0 spiro atoms. The smallest absolute Gasteiger partial charge is 0.320 e. The number of benzene rings is 2. The number of hydrogen-bond acceptors (Lipinski definition) is 4.